The van der Waals surface area contributed by atoms with Crippen LogP contribution in [-0.4, -0.2) is 35.5 Å². The summed E-state index contributed by atoms with van der Waals surface area (Å²) in [6.07, 6.45) is 0.833. The van der Waals surface area contributed by atoms with Gasteiger partial charge in [-0.1, -0.05) is 61.5 Å². The van der Waals surface area contributed by atoms with Crippen LogP contribution in [0.1, 0.15) is 39.6 Å². The highest BCUT2D eigenvalue weighted by molar-refractivity contribution is 7.80. The molecule has 33 heavy (non-hydrogen) atoms. The average Bonchev–Trinajstić information content (AvgIpc) is 2.83. The maximum absolute atomic E-state index is 13.1. The molecule has 6 nitrogen and oxygen atoms in total. The molecule has 0 bridgehead atoms. The molecular weight excluding hydrogens is 434 g/mol. The van der Waals surface area contributed by atoms with Crippen LogP contribution in [0.5, 0.6) is 5.75 Å². The van der Waals surface area contributed by atoms with E-state index in [1.807, 2.05) is 43.3 Å². The first kappa shape index (κ1) is 23.9. The van der Waals surface area contributed by atoms with E-state index in [4.69, 9.17) is 17.0 Å². The summed E-state index contributed by atoms with van der Waals surface area (Å²) >= 11 is 5.35. The van der Waals surface area contributed by atoms with E-state index >= 15 is 0 Å². The standard InChI is InChI=1S/C26H27N3O3S/c1-3-17-32-23-16-10-8-14-21(23)24(30)28-26(33)27-22-15-9-7-13-20(22)25(31)29(2)18-19-11-5-4-6-12-19/h4-16H,3,17-18H2,1-2H3,(H2,27,28,30,33). The zero-order chi connectivity index (χ0) is 23.6. The molecule has 2 amide bonds. The molecule has 0 radical (unpaired) electrons. The van der Waals surface area contributed by atoms with Gasteiger partial charge in [-0.25, -0.2) is 0 Å². The summed E-state index contributed by atoms with van der Waals surface area (Å²) in [7, 11) is 1.75. The van der Waals surface area contributed by atoms with E-state index in [1.165, 1.54) is 0 Å². The van der Waals surface area contributed by atoms with Crippen molar-refractivity contribution in [2.75, 3.05) is 19.0 Å². The number of ether oxygens (including phenoxy) is 1. The molecule has 0 fully saturated rings. The Morgan fingerprint density at radius 3 is 2.27 bits per heavy atom. The van der Waals surface area contributed by atoms with Crippen LogP contribution in [0.15, 0.2) is 78.9 Å². The number of amides is 2. The van der Waals surface area contributed by atoms with Crippen LogP contribution in [0.3, 0.4) is 0 Å². The quantitative estimate of drug-likeness (QED) is 0.468. The molecule has 0 aliphatic carbocycles. The van der Waals surface area contributed by atoms with Gasteiger partial charge in [0.25, 0.3) is 11.8 Å². The van der Waals surface area contributed by atoms with Crippen molar-refractivity contribution in [2.45, 2.75) is 19.9 Å². The van der Waals surface area contributed by atoms with Crippen molar-refractivity contribution < 1.29 is 14.3 Å². The zero-order valence-corrected chi connectivity index (χ0v) is 19.5. The fraction of sp³-hybridized carbons (Fsp3) is 0.192. The van der Waals surface area contributed by atoms with Crippen LogP contribution in [0.2, 0.25) is 0 Å². The third kappa shape index (κ3) is 6.63. The number of nitrogens with one attached hydrogen (secondary N) is 2. The molecule has 3 aromatic carbocycles. The maximum atomic E-state index is 13.1. The van der Waals surface area contributed by atoms with Gasteiger partial charge in [0.1, 0.15) is 5.75 Å². The average molecular weight is 462 g/mol. The molecule has 170 valence electrons. The molecule has 0 unspecified atom stereocenters. The van der Waals surface area contributed by atoms with Crippen molar-refractivity contribution in [1.82, 2.24) is 10.2 Å². The van der Waals surface area contributed by atoms with Gasteiger partial charge in [-0.15, -0.1) is 0 Å². The molecule has 0 heterocycles. The molecule has 3 aromatic rings. The van der Waals surface area contributed by atoms with Crippen molar-refractivity contribution in [2.24, 2.45) is 0 Å². The van der Waals surface area contributed by atoms with Gasteiger partial charge >= 0.3 is 0 Å². The second-order valence-electron chi connectivity index (χ2n) is 7.45. The number of thiocarbonyl (C=S) groups is 1. The summed E-state index contributed by atoms with van der Waals surface area (Å²) in [5.41, 5.74) is 2.40. The van der Waals surface area contributed by atoms with Gasteiger partial charge < -0.3 is 15.0 Å². The van der Waals surface area contributed by atoms with E-state index in [0.717, 1.165) is 12.0 Å². The fourth-order valence-corrected chi connectivity index (χ4v) is 3.43. The number of carbonyl (C=O) groups is 2. The minimum Gasteiger partial charge on any atom is -0.493 e. The van der Waals surface area contributed by atoms with E-state index in [-0.39, 0.29) is 16.9 Å². The fourth-order valence-electron chi connectivity index (χ4n) is 3.23. The van der Waals surface area contributed by atoms with Crippen molar-refractivity contribution in [3.8, 4) is 5.75 Å². The number of anilines is 1. The van der Waals surface area contributed by atoms with Crippen LogP contribution in [0.25, 0.3) is 0 Å². The first-order valence-electron chi connectivity index (χ1n) is 10.7. The Balaban J connectivity index is 1.69. The van der Waals surface area contributed by atoms with Crippen molar-refractivity contribution in [3.05, 3.63) is 95.6 Å². The van der Waals surface area contributed by atoms with E-state index in [2.05, 4.69) is 10.6 Å². The topological polar surface area (TPSA) is 70.7 Å². The predicted octanol–water partition coefficient (Wildman–Crippen LogP) is 4.87. The van der Waals surface area contributed by atoms with Gasteiger partial charge in [-0.2, -0.15) is 0 Å². The van der Waals surface area contributed by atoms with E-state index in [1.54, 1.807) is 54.4 Å². The number of para-hydroxylation sites is 2. The number of hydrogen-bond donors (Lipinski definition) is 2. The van der Waals surface area contributed by atoms with Gasteiger partial charge in [0.15, 0.2) is 5.11 Å². The lowest BCUT2D eigenvalue weighted by Crippen LogP contribution is -2.35. The first-order valence-corrected chi connectivity index (χ1v) is 11.1. The molecule has 0 atom stereocenters. The minimum atomic E-state index is -0.385. The van der Waals surface area contributed by atoms with E-state index in [9.17, 15) is 9.59 Å². The van der Waals surface area contributed by atoms with E-state index < -0.39 is 0 Å². The van der Waals surface area contributed by atoms with Crippen LogP contribution in [0, 0.1) is 0 Å². The zero-order valence-electron chi connectivity index (χ0n) is 18.7. The van der Waals surface area contributed by atoms with Crippen molar-refractivity contribution in [3.63, 3.8) is 0 Å². The van der Waals surface area contributed by atoms with Gasteiger partial charge in [0, 0.05) is 13.6 Å². The Morgan fingerprint density at radius 2 is 1.55 bits per heavy atom. The van der Waals surface area contributed by atoms with Gasteiger partial charge in [0.05, 0.1) is 23.4 Å². The monoisotopic (exact) mass is 461 g/mol. The van der Waals surface area contributed by atoms with Crippen LogP contribution in [-0.2, 0) is 6.54 Å². The lowest BCUT2D eigenvalue weighted by atomic mass is 10.1. The Bertz CT molecular complexity index is 1120. The SMILES string of the molecule is CCCOc1ccccc1C(=O)NC(=S)Nc1ccccc1C(=O)N(C)Cc1ccccc1. The van der Waals surface area contributed by atoms with E-state index in [0.29, 0.717) is 35.7 Å². The molecule has 0 spiro atoms. The smallest absolute Gasteiger partial charge is 0.261 e. The highest BCUT2D eigenvalue weighted by atomic mass is 32.1. The summed E-state index contributed by atoms with van der Waals surface area (Å²) in [6.45, 7) is 2.99. The third-order valence-electron chi connectivity index (χ3n) is 4.84. The largest absolute Gasteiger partial charge is 0.493 e. The molecule has 0 saturated carbocycles. The van der Waals surface area contributed by atoms with Gasteiger partial charge in [-0.05, 0) is 48.5 Å². The molecule has 0 aromatic heterocycles. The second-order valence-corrected chi connectivity index (χ2v) is 7.85. The van der Waals surface area contributed by atoms with Crippen LogP contribution in [0.4, 0.5) is 5.69 Å². The Morgan fingerprint density at radius 1 is 0.909 bits per heavy atom. The lowest BCUT2D eigenvalue weighted by Gasteiger charge is -2.20. The van der Waals surface area contributed by atoms with Gasteiger partial charge in [-0.3, -0.25) is 14.9 Å². The number of rotatable bonds is 8. The normalized spacial score (nSPS) is 10.2. The molecule has 3 rings (SSSR count). The highest BCUT2D eigenvalue weighted by Gasteiger charge is 2.18. The lowest BCUT2D eigenvalue weighted by molar-refractivity contribution is 0.0786. The first-order chi connectivity index (χ1) is 16.0. The number of benzene rings is 3. The summed E-state index contributed by atoms with van der Waals surface area (Å²) in [4.78, 5) is 27.5. The summed E-state index contributed by atoms with van der Waals surface area (Å²) in [5.74, 6) is -0.0450. The van der Waals surface area contributed by atoms with Crippen LogP contribution < -0.4 is 15.4 Å². The third-order valence-corrected chi connectivity index (χ3v) is 5.04. The molecule has 2 N–H and O–H groups in total. The maximum Gasteiger partial charge on any atom is 0.261 e. The van der Waals surface area contributed by atoms with Crippen molar-refractivity contribution >= 4 is 34.8 Å². The van der Waals surface area contributed by atoms with Gasteiger partial charge in [0.2, 0.25) is 0 Å². The minimum absolute atomic E-state index is 0.0938. The Labute approximate surface area is 199 Å². The predicted molar refractivity (Wildman–Crippen MR) is 135 cm³/mol. The summed E-state index contributed by atoms with van der Waals surface area (Å²) in [6, 6.07) is 23.8. The molecule has 0 saturated heterocycles. The second kappa shape index (κ2) is 11.8. The molecule has 0 aliphatic heterocycles. The molecular formula is C26H27N3O3S. The number of hydrogen-bond acceptors (Lipinski definition) is 4. The highest BCUT2D eigenvalue weighted by Crippen LogP contribution is 2.20. The van der Waals surface area contributed by atoms with Crippen molar-refractivity contribution in [1.29, 1.82) is 0 Å². The Hall–Kier alpha value is -3.71. The Kier molecular flexibility index (Phi) is 8.55. The summed E-state index contributed by atoms with van der Waals surface area (Å²) in [5, 5.41) is 5.75. The summed E-state index contributed by atoms with van der Waals surface area (Å²) < 4.78 is 5.66. The number of carbonyl (C=O) groups excluding carboxylic acids is 2. The molecule has 0 aliphatic rings. The van der Waals surface area contributed by atoms with Crippen LogP contribution >= 0.6 is 12.2 Å². The molecule has 7 heteroatoms. The number of nitrogens with zero attached hydrogens (tertiary/aromatic N) is 1.